The maximum Gasteiger partial charge on any atom is 0.288 e. The molecule has 0 saturated carbocycles. The van der Waals surface area contributed by atoms with Gasteiger partial charge in [-0.1, -0.05) is 12.1 Å². The summed E-state index contributed by atoms with van der Waals surface area (Å²) in [6.45, 7) is 3.71. The minimum Gasteiger partial charge on any atom is -0.464 e. The van der Waals surface area contributed by atoms with E-state index >= 15 is 0 Å². The number of piperidine rings is 1. The van der Waals surface area contributed by atoms with Gasteiger partial charge in [-0.05, 0) is 57.2 Å². The molecule has 7 nitrogen and oxygen atoms in total. The van der Waals surface area contributed by atoms with Crippen LogP contribution >= 0.6 is 0 Å². The number of carbonyl (C=O) groups excluding carboxylic acids is 1. The minimum absolute atomic E-state index is 0.0255. The Bertz CT molecular complexity index is 1020. The van der Waals surface area contributed by atoms with E-state index in [1.807, 2.05) is 17.9 Å². The number of allylic oxidation sites excluding steroid dienone is 1. The number of hydrogen-bond acceptors (Lipinski definition) is 6. The minimum atomic E-state index is -0.684. The number of rotatable bonds is 7. The number of fused-ring (bicyclic) bond motifs is 1. The van der Waals surface area contributed by atoms with Crippen LogP contribution in [0.3, 0.4) is 0 Å². The molecule has 1 N–H and O–H groups in total. The van der Waals surface area contributed by atoms with E-state index in [1.165, 1.54) is 6.26 Å². The van der Waals surface area contributed by atoms with Crippen molar-refractivity contribution in [2.45, 2.75) is 51.2 Å². The van der Waals surface area contributed by atoms with Gasteiger partial charge in [0.2, 0.25) is 6.29 Å². The molecule has 1 saturated heterocycles. The fourth-order valence-corrected chi connectivity index (χ4v) is 4.69. The van der Waals surface area contributed by atoms with E-state index in [0.717, 1.165) is 19.3 Å². The molecule has 7 heteroatoms. The lowest BCUT2D eigenvalue weighted by molar-refractivity contribution is -0.170. The Morgan fingerprint density at radius 3 is 2.75 bits per heavy atom. The molecule has 172 valence electrons. The first-order chi connectivity index (χ1) is 15.6. The first-order valence-electron chi connectivity index (χ1n) is 11.5. The van der Waals surface area contributed by atoms with E-state index in [9.17, 15) is 14.7 Å². The van der Waals surface area contributed by atoms with Gasteiger partial charge in [-0.25, -0.2) is 0 Å². The first-order valence-corrected chi connectivity index (χ1v) is 11.5. The fourth-order valence-electron chi connectivity index (χ4n) is 4.69. The second-order valence-corrected chi connectivity index (χ2v) is 8.40. The first kappa shape index (κ1) is 22.6. The molecule has 1 aromatic carbocycles. The number of ether oxygens (including phenoxy) is 2. The van der Waals surface area contributed by atoms with E-state index < -0.39 is 12.2 Å². The van der Waals surface area contributed by atoms with Crippen molar-refractivity contribution in [2.24, 2.45) is 5.92 Å². The maximum absolute atomic E-state index is 13.4. The van der Waals surface area contributed by atoms with Gasteiger partial charge in [0.25, 0.3) is 5.91 Å². The molecule has 0 bridgehead atoms. The van der Waals surface area contributed by atoms with Crippen molar-refractivity contribution in [3.8, 4) is 0 Å². The van der Waals surface area contributed by atoms with E-state index in [4.69, 9.17) is 13.9 Å². The molecule has 1 aromatic heterocycles. The van der Waals surface area contributed by atoms with Crippen molar-refractivity contribution in [1.29, 1.82) is 0 Å². The number of likely N-dealkylation sites (tertiary alicyclic amines) is 1. The molecule has 0 spiro atoms. The second-order valence-electron chi connectivity index (χ2n) is 8.40. The second kappa shape index (κ2) is 10.3. The highest BCUT2D eigenvalue weighted by Crippen LogP contribution is 2.39. The van der Waals surface area contributed by atoms with Gasteiger partial charge in [0, 0.05) is 43.7 Å². The summed E-state index contributed by atoms with van der Waals surface area (Å²) in [7, 11) is 0. The van der Waals surface area contributed by atoms with E-state index in [-0.39, 0.29) is 29.6 Å². The molecule has 3 heterocycles. The zero-order chi connectivity index (χ0) is 22.5. The van der Waals surface area contributed by atoms with Crippen LogP contribution in [0.5, 0.6) is 0 Å². The summed E-state index contributed by atoms with van der Waals surface area (Å²) >= 11 is 0. The lowest BCUT2D eigenvalue weighted by atomic mass is 9.80. The number of aliphatic hydroxyl groups excluding tert-OH is 1. The molecule has 4 rings (SSSR count). The van der Waals surface area contributed by atoms with Crippen LogP contribution in [-0.2, 0) is 14.3 Å². The Kier molecular flexibility index (Phi) is 7.27. The number of benzene rings is 1. The van der Waals surface area contributed by atoms with Crippen molar-refractivity contribution in [2.75, 3.05) is 26.3 Å². The molecule has 32 heavy (non-hydrogen) atoms. The normalized spacial score (nSPS) is 23.6. The predicted molar refractivity (Wildman–Crippen MR) is 120 cm³/mol. The SMILES string of the molecule is CCO[C@@H]1OC(C(=O)N2CCCCC2)=C[C@H](c2coc3ccccc3c2=O)[C@H]1CCCO. The quantitative estimate of drug-likeness (QED) is 0.707. The van der Waals surface area contributed by atoms with Crippen molar-refractivity contribution in [3.63, 3.8) is 0 Å². The standard InChI is InChI=1S/C25H31NO6/c1-2-30-25-17(10-8-14-27)19(15-22(32-25)24(29)26-12-6-3-7-13-26)20-16-31-21-11-5-4-9-18(21)23(20)28/h4-5,9,11,15-17,19,25,27H,2-3,6-8,10,12-14H2,1H3/t17-,19+,25-/m1/s1. The summed E-state index contributed by atoms with van der Waals surface area (Å²) in [5, 5.41) is 9.94. The Balaban J connectivity index is 1.77. The highest BCUT2D eigenvalue weighted by Gasteiger charge is 2.40. The summed E-state index contributed by atoms with van der Waals surface area (Å²) in [6, 6.07) is 7.14. The highest BCUT2D eigenvalue weighted by molar-refractivity contribution is 5.92. The van der Waals surface area contributed by atoms with Crippen LogP contribution in [0.25, 0.3) is 11.0 Å². The van der Waals surface area contributed by atoms with Crippen LogP contribution in [0.4, 0.5) is 0 Å². The van der Waals surface area contributed by atoms with Crippen molar-refractivity contribution in [3.05, 3.63) is 58.2 Å². The Morgan fingerprint density at radius 2 is 2.00 bits per heavy atom. The van der Waals surface area contributed by atoms with Gasteiger partial charge in [0.15, 0.2) is 11.2 Å². The molecule has 1 amide bonds. The summed E-state index contributed by atoms with van der Waals surface area (Å²) in [5.41, 5.74) is 0.878. The van der Waals surface area contributed by atoms with Gasteiger partial charge in [-0.15, -0.1) is 0 Å². The molecule has 3 atom stereocenters. The van der Waals surface area contributed by atoms with Crippen LogP contribution < -0.4 is 5.43 Å². The third-order valence-electron chi connectivity index (χ3n) is 6.33. The van der Waals surface area contributed by atoms with Gasteiger partial charge < -0.3 is 23.9 Å². The van der Waals surface area contributed by atoms with Gasteiger partial charge in [-0.2, -0.15) is 0 Å². The highest BCUT2D eigenvalue weighted by atomic mass is 16.7. The fraction of sp³-hybridized carbons (Fsp3) is 0.520. The van der Waals surface area contributed by atoms with Gasteiger partial charge in [0.1, 0.15) is 5.58 Å². The number of amides is 1. The van der Waals surface area contributed by atoms with Gasteiger partial charge >= 0.3 is 0 Å². The number of carbonyl (C=O) groups is 1. The molecule has 0 aliphatic carbocycles. The van der Waals surface area contributed by atoms with Crippen LogP contribution in [0.2, 0.25) is 0 Å². The number of hydrogen-bond donors (Lipinski definition) is 1. The molecule has 1 fully saturated rings. The molecule has 2 aliphatic rings. The lowest BCUT2D eigenvalue weighted by Gasteiger charge is -2.38. The van der Waals surface area contributed by atoms with Crippen LogP contribution in [-0.4, -0.2) is 48.5 Å². The zero-order valence-electron chi connectivity index (χ0n) is 18.5. The smallest absolute Gasteiger partial charge is 0.288 e. The zero-order valence-corrected chi connectivity index (χ0v) is 18.5. The summed E-state index contributed by atoms with van der Waals surface area (Å²) in [4.78, 5) is 28.4. The maximum atomic E-state index is 13.4. The van der Waals surface area contributed by atoms with Gasteiger partial charge in [0.05, 0.1) is 11.6 Å². The van der Waals surface area contributed by atoms with E-state index in [0.29, 0.717) is 49.1 Å². The predicted octanol–water partition coefficient (Wildman–Crippen LogP) is 3.55. The van der Waals surface area contributed by atoms with E-state index in [2.05, 4.69) is 0 Å². The molecule has 0 unspecified atom stereocenters. The molecule has 2 aromatic rings. The van der Waals surface area contributed by atoms with Crippen LogP contribution in [0, 0.1) is 5.92 Å². The van der Waals surface area contributed by atoms with Crippen molar-refractivity contribution >= 4 is 16.9 Å². The Morgan fingerprint density at radius 1 is 1.22 bits per heavy atom. The third-order valence-corrected chi connectivity index (χ3v) is 6.33. The summed E-state index contributed by atoms with van der Waals surface area (Å²) in [5.74, 6) is -0.589. The third kappa shape index (κ3) is 4.59. The summed E-state index contributed by atoms with van der Waals surface area (Å²) < 4.78 is 17.7. The number of nitrogens with zero attached hydrogens (tertiary/aromatic N) is 1. The lowest BCUT2D eigenvalue weighted by Crippen LogP contribution is -2.42. The van der Waals surface area contributed by atoms with Crippen molar-refractivity contribution < 1.29 is 23.8 Å². The Hall–Kier alpha value is -2.64. The molecular formula is C25H31NO6. The van der Waals surface area contributed by atoms with Crippen LogP contribution in [0.1, 0.15) is 50.5 Å². The van der Waals surface area contributed by atoms with Crippen LogP contribution in [0.15, 0.2) is 51.6 Å². The monoisotopic (exact) mass is 441 g/mol. The van der Waals surface area contributed by atoms with Gasteiger partial charge in [-0.3, -0.25) is 9.59 Å². The average molecular weight is 442 g/mol. The Labute approximate surface area is 187 Å². The molecule has 0 radical (unpaired) electrons. The van der Waals surface area contributed by atoms with Crippen molar-refractivity contribution in [1.82, 2.24) is 4.90 Å². The topological polar surface area (TPSA) is 89.2 Å². The molecular weight excluding hydrogens is 410 g/mol. The summed E-state index contributed by atoms with van der Waals surface area (Å²) in [6.07, 6.45) is 6.77. The number of para-hydroxylation sites is 1. The number of aliphatic hydroxyl groups is 1. The molecule has 2 aliphatic heterocycles. The largest absolute Gasteiger partial charge is 0.464 e. The van der Waals surface area contributed by atoms with E-state index in [1.54, 1.807) is 24.3 Å². The average Bonchev–Trinajstić information content (AvgIpc) is 2.83.